The van der Waals surface area contributed by atoms with Crippen LogP contribution in [-0.4, -0.2) is 17.4 Å². The van der Waals surface area contributed by atoms with Crippen LogP contribution in [-0.2, 0) is 6.54 Å². The lowest BCUT2D eigenvalue weighted by molar-refractivity contribution is 0.173. The van der Waals surface area contributed by atoms with Gasteiger partial charge in [0, 0.05) is 12.6 Å². The van der Waals surface area contributed by atoms with E-state index in [0.29, 0.717) is 12.0 Å². The lowest BCUT2D eigenvalue weighted by Gasteiger charge is -2.44. The Hall–Kier alpha value is -1.11. The molecule has 0 heterocycles. The van der Waals surface area contributed by atoms with Gasteiger partial charge in [0.25, 0.3) is 0 Å². The number of fused-ring (bicyclic) bond motifs is 2. The van der Waals surface area contributed by atoms with Crippen molar-refractivity contribution < 1.29 is 0 Å². The predicted octanol–water partition coefficient (Wildman–Crippen LogP) is 5.17. The highest BCUT2D eigenvalue weighted by molar-refractivity contribution is 14.1. The van der Waals surface area contributed by atoms with Gasteiger partial charge in [-0.3, -0.25) is 0 Å². The van der Waals surface area contributed by atoms with E-state index in [1.165, 1.54) is 59.1 Å². The number of halogens is 1. The topological polar surface area (TPSA) is 38.0 Å². The minimum Gasteiger partial charge on any atom is -0.317 e. The maximum Gasteiger partial charge on any atom is 0.101 e. The molecule has 1 atom stereocenters. The summed E-state index contributed by atoms with van der Waals surface area (Å²) in [7, 11) is 2.26. The highest BCUT2D eigenvalue weighted by Crippen LogP contribution is 2.42. The number of hydrogen-bond acceptors (Lipinski definition) is 2. The molecule has 146 valence electrons. The molecule has 3 aromatic rings. The van der Waals surface area contributed by atoms with E-state index in [1.807, 2.05) is 0 Å². The lowest BCUT2D eigenvalue weighted by atomic mass is 9.74. The summed E-state index contributed by atoms with van der Waals surface area (Å²) in [6.45, 7) is 0.925. The third-order valence-corrected chi connectivity index (χ3v) is 7.85. The van der Waals surface area contributed by atoms with Gasteiger partial charge in [0.05, 0.1) is 3.55 Å². The summed E-state index contributed by atoms with van der Waals surface area (Å²) in [5, 5.41) is 9.22. The third kappa shape index (κ3) is 4.24. The van der Waals surface area contributed by atoms with E-state index in [1.54, 1.807) is 0 Å². The smallest absolute Gasteiger partial charge is 0.101 e. The zero-order chi connectivity index (χ0) is 19.6. The molecule has 1 fully saturated rings. The van der Waals surface area contributed by atoms with E-state index in [4.69, 9.17) is 5.73 Å². The van der Waals surface area contributed by atoms with Crippen LogP contribution in [0.15, 0.2) is 54.6 Å². The van der Waals surface area contributed by atoms with E-state index < -0.39 is 0 Å². The largest absolute Gasteiger partial charge is 0.317 e. The molecule has 0 bridgehead atoms. The van der Waals surface area contributed by atoms with Crippen molar-refractivity contribution in [3.8, 4) is 0 Å². The standard InChI is InChI=1S/C24H30BIN2/c25-12-6-5-11-24(26,27)19-14-20(15-19)28-16-23-21-9-3-1-7-17(21)13-18-8-2-4-10-22(18)23/h1-4,7-10,13,19-20,28H,5-6,11-12,14-16,25,27H2/t19-,20+,24?. The number of unbranched alkanes of at least 4 members (excludes halogenated alkanes) is 1. The van der Waals surface area contributed by atoms with Crippen LogP contribution in [0.2, 0.25) is 6.32 Å². The second-order valence-corrected chi connectivity index (χ2v) is 10.4. The molecule has 1 saturated carbocycles. The van der Waals surface area contributed by atoms with E-state index in [-0.39, 0.29) is 3.55 Å². The number of nitrogens with two attached hydrogens (primary N) is 1. The van der Waals surface area contributed by atoms with Crippen molar-refractivity contribution in [2.75, 3.05) is 0 Å². The maximum atomic E-state index is 6.64. The zero-order valence-corrected chi connectivity index (χ0v) is 18.9. The van der Waals surface area contributed by atoms with Crippen LogP contribution in [0.3, 0.4) is 0 Å². The van der Waals surface area contributed by atoms with Crippen LogP contribution >= 0.6 is 22.6 Å². The first kappa shape index (κ1) is 20.2. The normalized spacial score (nSPS) is 21.5. The Bertz CT molecular complexity index is 896. The highest BCUT2D eigenvalue weighted by Gasteiger charge is 2.41. The molecular formula is C24H30BIN2. The van der Waals surface area contributed by atoms with Crippen LogP contribution < -0.4 is 11.1 Å². The van der Waals surface area contributed by atoms with Gasteiger partial charge in [0.1, 0.15) is 7.85 Å². The van der Waals surface area contributed by atoms with Gasteiger partial charge in [0.15, 0.2) is 0 Å². The average molecular weight is 484 g/mol. The summed E-state index contributed by atoms with van der Waals surface area (Å²) in [6, 6.07) is 20.4. The molecule has 1 aliphatic carbocycles. The number of benzene rings is 3. The summed E-state index contributed by atoms with van der Waals surface area (Å²) >= 11 is 2.52. The Labute approximate surface area is 183 Å². The monoisotopic (exact) mass is 484 g/mol. The molecule has 3 N–H and O–H groups in total. The molecule has 4 heteroatoms. The molecule has 4 rings (SSSR count). The Morgan fingerprint density at radius 1 is 1.00 bits per heavy atom. The summed E-state index contributed by atoms with van der Waals surface area (Å²) in [6.07, 6.45) is 7.37. The molecule has 3 aromatic carbocycles. The minimum atomic E-state index is -0.0305. The lowest BCUT2D eigenvalue weighted by Crippen LogP contribution is -2.53. The van der Waals surface area contributed by atoms with Gasteiger partial charge in [-0.25, -0.2) is 0 Å². The zero-order valence-electron chi connectivity index (χ0n) is 16.8. The SMILES string of the molecule is BCCCCC(N)(I)[C@H]1C[C@@H](NCc2c3ccccc3cc3ccccc23)C1. The number of rotatable bonds is 8. The van der Waals surface area contributed by atoms with Crippen molar-refractivity contribution in [3.63, 3.8) is 0 Å². The van der Waals surface area contributed by atoms with E-state index in [2.05, 4.69) is 90.4 Å². The van der Waals surface area contributed by atoms with Gasteiger partial charge in [-0.15, -0.1) is 0 Å². The molecule has 0 aromatic heterocycles. The predicted molar refractivity (Wildman–Crippen MR) is 133 cm³/mol. The van der Waals surface area contributed by atoms with Gasteiger partial charge in [-0.1, -0.05) is 90.3 Å². The summed E-state index contributed by atoms with van der Waals surface area (Å²) in [4.78, 5) is 0. The van der Waals surface area contributed by atoms with Crippen molar-refractivity contribution in [1.29, 1.82) is 0 Å². The van der Waals surface area contributed by atoms with E-state index in [9.17, 15) is 0 Å². The minimum absolute atomic E-state index is 0.0305. The first-order valence-corrected chi connectivity index (χ1v) is 11.8. The van der Waals surface area contributed by atoms with Crippen LogP contribution in [0.1, 0.15) is 37.7 Å². The van der Waals surface area contributed by atoms with Crippen molar-refractivity contribution in [2.45, 2.75) is 54.6 Å². The molecule has 1 aliphatic rings. The molecular weight excluding hydrogens is 454 g/mol. The fourth-order valence-electron chi connectivity index (χ4n) is 4.57. The van der Waals surface area contributed by atoms with Crippen LogP contribution in [0.4, 0.5) is 0 Å². The first-order chi connectivity index (χ1) is 13.6. The molecule has 1 unspecified atom stereocenters. The first-order valence-electron chi connectivity index (χ1n) is 10.7. The molecule has 28 heavy (non-hydrogen) atoms. The average Bonchev–Trinajstić information content (AvgIpc) is 2.66. The van der Waals surface area contributed by atoms with Gasteiger partial charge in [-0.05, 0) is 58.4 Å². The fourth-order valence-corrected chi connectivity index (χ4v) is 5.46. The number of alkyl halides is 1. The summed E-state index contributed by atoms with van der Waals surface area (Å²) < 4.78 is -0.0305. The molecule has 0 amide bonds. The van der Waals surface area contributed by atoms with Gasteiger partial charge in [0.2, 0.25) is 0 Å². The molecule has 0 saturated heterocycles. The Morgan fingerprint density at radius 3 is 2.21 bits per heavy atom. The van der Waals surface area contributed by atoms with Crippen molar-refractivity contribution in [2.24, 2.45) is 11.7 Å². The summed E-state index contributed by atoms with van der Waals surface area (Å²) in [5.41, 5.74) is 8.06. The highest BCUT2D eigenvalue weighted by atomic mass is 127. The fraction of sp³-hybridized carbons (Fsp3) is 0.417. The molecule has 0 spiro atoms. The van der Waals surface area contributed by atoms with Crippen LogP contribution in [0.25, 0.3) is 21.5 Å². The van der Waals surface area contributed by atoms with Crippen LogP contribution in [0, 0.1) is 5.92 Å². The van der Waals surface area contributed by atoms with Crippen molar-refractivity contribution in [1.82, 2.24) is 5.32 Å². The van der Waals surface area contributed by atoms with Crippen LogP contribution in [0.5, 0.6) is 0 Å². The van der Waals surface area contributed by atoms with Gasteiger partial charge in [-0.2, -0.15) is 0 Å². The second kappa shape index (κ2) is 8.72. The number of nitrogens with one attached hydrogen (secondary N) is 1. The summed E-state index contributed by atoms with van der Waals surface area (Å²) in [5.74, 6) is 0.645. The van der Waals surface area contributed by atoms with Crippen molar-refractivity contribution >= 4 is 52.0 Å². The molecule has 0 aliphatic heterocycles. The number of hydrogen-bond donors (Lipinski definition) is 2. The van der Waals surface area contributed by atoms with Crippen molar-refractivity contribution in [3.05, 3.63) is 60.2 Å². The third-order valence-electron chi connectivity index (χ3n) is 6.43. The maximum absolute atomic E-state index is 6.64. The quantitative estimate of drug-likeness (QED) is 0.116. The Kier molecular flexibility index (Phi) is 6.29. The Balaban J connectivity index is 1.44. The van der Waals surface area contributed by atoms with E-state index in [0.717, 1.165) is 13.0 Å². The van der Waals surface area contributed by atoms with Gasteiger partial charge >= 0.3 is 0 Å². The Morgan fingerprint density at radius 2 is 1.61 bits per heavy atom. The van der Waals surface area contributed by atoms with E-state index >= 15 is 0 Å². The molecule has 2 nitrogen and oxygen atoms in total. The van der Waals surface area contributed by atoms with Gasteiger partial charge < -0.3 is 11.1 Å². The second-order valence-electron chi connectivity index (χ2n) is 8.43. The molecule has 0 radical (unpaired) electrons.